The second-order valence-corrected chi connectivity index (χ2v) is 6.62. The van der Waals surface area contributed by atoms with Crippen LogP contribution in [0.25, 0.3) is 0 Å². The Morgan fingerprint density at radius 2 is 0.933 bits per heavy atom. The summed E-state index contributed by atoms with van der Waals surface area (Å²) >= 11 is 0. The molecule has 0 radical (unpaired) electrons. The van der Waals surface area contributed by atoms with E-state index in [9.17, 15) is 0 Å². The first kappa shape index (κ1) is 12.4. The van der Waals surface area contributed by atoms with Crippen molar-refractivity contribution in [3.05, 3.63) is 22.5 Å². The van der Waals surface area contributed by atoms with Gasteiger partial charge in [-0.1, -0.05) is 41.5 Å². The lowest BCUT2D eigenvalue weighted by atomic mass is 9.87. The monoisotopic (exact) mass is 207 g/mol. The summed E-state index contributed by atoms with van der Waals surface area (Å²) in [5, 5.41) is 0. The van der Waals surface area contributed by atoms with Crippen LogP contribution in [0.3, 0.4) is 0 Å². The third-order valence-electron chi connectivity index (χ3n) is 3.06. The molecular formula is C14H25N. The van der Waals surface area contributed by atoms with Gasteiger partial charge in [0, 0.05) is 22.2 Å². The predicted octanol–water partition coefficient (Wildman–Crippen LogP) is 4.23. The van der Waals surface area contributed by atoms with E-state index in [2.05, 4.69) is 60.4 Å². The summed E-state index contributed by atoms with van der Waals surface area (Å²) in [5.41, 5.74) is 6.02. The van der Waals surface area contributed by atoms with E-state index < -0.39 is 0 Å². The molecule has 15 heavy (non-hydrogen) atoms. The maximum absolute atomic E-state index is 3.63. The molecule has 0 aromatic carbocycles. The Morgan fingerprint density at radius 3 is 1.07 bits per heavy atom. The van der Waals surface area contributed by atoms with E-state index >= 15 is 0 Å². The van der Waals surface area contributed by atoms with Gasteiger partial charge in [-0.2, -0.15) is 0 Å². The van der Waals surface area contributed by atoms with Crippen LogP contribution < -0.4 is 0 Å². The molecule has 1 nitrogen and oxygen atoms in total. The van der Waals surface area contributed by atoms with Crippen LogP contribution in [0.2, 0.25) is 0 Å². The van der Waals surface area contributed by atoms with Crippen molar-refractivity contribution in [2.24, 2.45) is 0 Å². The molecular weight excluding hydrogens is 182 g/mol. The van der Waals surface area contributed by atoms with Crippen LogP contribution in [0.15, 0.2) is 0 Å². The summed E-state index contributed by atoms with van der Waals surface area (Å²) in [6.07, 6.45) is 0. The van der Waals surface area contributed by atoms with Gasteiger partial charge in [-0.25, -0.2) is 0 Å². The van der Waals surface area contributed by atoms with Crippen LogP contribution in [-0.2, 0) is 10.8 Å². The van der Waals surface area contributed by atoms with Crippen LogP contribution in [-0.4, -0.2) is 4.98 Å². The Morgan fingerprint density at radius 1 is 0.667 bits per heavy atom. The van der Waals surface area contributed by atoms with E-state index in [0.717, 1.165) is 0 Å². The fourth-order valence-electron chi connectivity index (χ4n) is 2.19. The second kappa shape index (κ2) is 3.40. The molecule has 1 aromatic heterocycles. The van der Waals surface area contributed by atoms with Gasteiger partial charge in [0.2, 0.25) is 0 Å². The largest absolute Gasteiger partial charge is 0.361 e. The van der Waals surface area contributed by atoms with Crippen molar-refractivity contribution >= 4 is 0 Å². The third-order valence-corrected chi connectivity index (χ3v) is 3.06. The molecule has 0 bridgehead atoms. The van der Waals surface area contributed by atoms with Crippen molar-refractivity contribution < 1.29 is 0 Å². The molecule has 0 spiro atoms. The Balaban J connectivity index is 3.38. The molecule has 0 saturated heterocycles. The van der Waals surface area contributed by atoms with Gasteiger partial charge >= 0.3 is 0 Å². The number of nitrogens with one attached hydrogen (secondary N) is 1. The number of hydrogen-bond donors (Lipinski definition) is 1. The minimum absolute atomic E-state index is 0.207. The van der Waals surface area contributed by atoms with Crippen LogP contribution in [0.1, 0.15) is 64.1 Å². The quantitative estimate of drug-likeness (QED) is 0.655. The summed E-state index contributed by atoms with van der Waals surface area (Å²) in [5.74, 6) is 0. The van der Waals surface area contributed by atoms with Crippen molar-refractivity contribution in [2.45, 2.75) is 66.2 Å². The minimum Gasteiger partial charge on any atom is -0.361 e. The molecule has 0 aliphatic heterocycles. The van der Waals surface area contributed by atoms with Crippen LogP contribution in [0.5, 0.6) is 0 Å². The normalized spacial score (nSPS) is 13.3. The lowest BCUT2D eigenvalue weighted by Crippen LogP contribution is -2.16. The van der Waals surface area contributed by atoms with Crippen LogP contribution in [0, 0.1) is 13.8 Å². The first-order chi connectivity index (χ1) is 6.55. The number of aromatic nitrogens is 1. The highest BCUT2D eigenvalue weighted by atomic mass is 14.8. The maximum atomic E-state index is 3.63. The highest BCUT2D eigenvalue weighted by Crippen LogP contribution is 2.33. The molecule has 1 rings (SSSR count). The molecule has 0 atom stereocenters. The fourth-order valence-corrected chi connectivity index (χ4v) is 2.19. The molecule has 0 aliphatic rings. The zero-order valence-electron chi connectivity index (χ0n) is 11.5. The standard InChI is InChI=1S/C14H25N/c1-9-10(2)12(14(6,7)8)15-11(9)13(3,4)5/h15H,1-8H3. The van der Waals surface area contributed by atoms with Gasteiger partial charge < -0.3 is 4.98 Å². The van der Waals surface area contributed by atoms with Crippen molar-refractivity contribution in [1.82, 2.24) is 4.98 Å². The van der Waals surface area contributed by atoms with E-state index in [1.165, 1.54) is 22.5 Å². The fraction of sp³-hybridized carbons (Fsp3) is 0.714. The molecule has 0 aliphatic carbocycles. The highest BCUT2D eigenvalue weighted by molar-refractivity contribution is 5.40. The summed E-state index contributed by atoms with van der Waals surface area (Å²) in [7, 11) is 0. The van der Waals surface area contributed by atoms with Crippen molar-refractivity contribution in [1.29, 1.82) is 0 Å². The number of rotatable bonds is 0. The second-order valence-electron chi connectivity index (χ2n) is 6.62. The topological polar surface area (TPSA) is 15.8 Å². The molecule has 86 valence electrons. The first-order valence-corrected chi connectivity index (χ1v) is 5.75. The smallest absolute Gasteiger partial charge is 0.0236 e. The predicted molar refractivity (Wildman–Crippen MR) is 67.7 cm³/mol. The Labute approximate surface area is 94.3 Å². The molecule has 0 saturated carbocycles. The van der Waals surface area contributed by atoms with E-state index in [1.54, 1.807) is 0 Å². The van der Waals surface area contributed by atoms with E-state index in [4.69, 9.17) is 0 Å². The van der Waals surface area contributed by atoms with Gasteiger partial charge in [0.15, 0.2) is 0 Å². The molecule has 1 N–H and O–H groups in total. The van der Waals surface area contributed by atoms with Crippen molar-refractivity contribution in [3.8, 4) is 0 Å². The molecule has 1 aromatic rings. The number of hydrogen-bond acceptors (Lipinski definition) is 0. The average molecular weight is 207 g/mol. The number of H-pyrrole nitrogens is 1. The molecule has 1 heteroatoms. The van der Waals surface area contributed by atoms with Crippen LogP contribution in [0.4, 0.5) is 0 Å². The molecule has 0 unspecified atom stereocenters. The zero-order valence-corrected chi connectivity index (χ0v) is 11.5. The lowest BCUT2D eigenvalue weighted by molar-refractivity contribution is 0.541. The lowest BCUT2D eigenvalue weighted by Gasteiger charge is -2.20. The molecule has 0 fully saturated rings. The third kappa shape index (κ3) is 2.27. The first-order valence-electron chi connectivity index (χ1n) is 5.75. The van der Waals surface area contributed by atoms with Crippen molar-refractivity contribution in [2.75, 3.05) is 0 Å². The Kier molecular flexibility index (Phi) is 2.80. The summed E-state index contributed by atoms with van der Waals surface area (Å²) in [6, 6.07) is 0. The Hall–Kier alpha value is -0.720. The SMILES string of the molecule is Cc1c(C(C)(C)C)[nH]c(C(C)(C)C)c1C. The van der Waals surface area contributed by atoms with E-state index in [-0.39, 0.29) is 10.8 Å². The summed E-state index contributed by atoms with van der Waals surface area (Å²) in [6.45, 7) is 18.0. The van der Waals surface area contributed by atoms with Crippen molar-refractivity contribution in [3.63, 3.8) is 0 Å². The highest BCUT2D eigenvalue weighted by Gasteiger charge is 2.26. The average Bonchev–Trinajstić information content (AvgIpc) is 2.26. The number of aromatic amines is 1. The Bertz CT molecular complexity index is 321. The summed E-state index contributed by atoms with van der Waals surface area (Å²) in [4.78, 5) is 3.63. The molecule has 0 amide bonds. The van der Waals surface area contributed by atoms with Gasteiger partial charge in [0.05, 0.1) is 0 Å². The van der Waals surface area contributed by atoms with Gasteiger partial charge in [-0.05, 0) is 25.0 Å². The van der Waals surface area contributed by atoms with Gasteiger partial charge in [-0.3, -0.25) is 0 Å². The van der Waals surface area contributed by atoms with Gasteiger partial charge in [0.1, 0.15) is 0 Å². The zero-order chi connectivity index (χ0) is 12.0. The minimum atomic E-state index is 0.207. The summed E-state index contributed by atoms with van der Waals surface area (Å²) < 4.78 is 0. The van der Waals surface area contributed by atoms with Gasteiger partial charge in [0.25, 0.3) is 0 Å². The molecule has 1 heterocycles. The van der Waals surface area contributed by atoms with E-state index in [0.29, 0.717) is 0 Å². The van der Waals surface area contributed by atoms with E-state index in [1.807, 2.05) is 0 Å². The maximum Gasteiger partial charge on any atom is 0.0236 e. The van der Waals surface area contributed by atoms with Gasteiger partial charge in [-0.15, -0.1) is 0 Å². The van der Waals surface area contributed by atoms with Crippen LogP contribution >= 0.6 is 0 Å².